The number of hydrogen-bond donors (Lipinski definition) is 0. The summed E-state index contributed by atoms with van der Waals surface area (Å²) in [5.74, 6) is 0. The van der Waals surface area contributed by atoms with Crippen LogP contribution >= 0.6 is 0 Å². The third-order valence-electron chi connectivity index (χ3n) is 4.79. The lowest BCUT2D eigenvalue weighted by Crippen LogP contribution is -2.18. The molecular weight excluding hydrogens is 324 g/mol. The Morgan fingerprint density at radius 2 is 1.54 bits per heavy atom. The van der Waals surface area contributed by atoms with E-state index < -0.39 is 0 Å². The Hall–Kier alpha value is -2.59. The number of anilines is 1. The topological polar surface area (TPSA) is 36.7 Å². The summed E-state index contributed by atoms with van der Waals surface area (Å²) in [6.45, 7) is 5.63. The Labute approximate surface area is 154 Å². The molecule has 136 valence electrons. The second-order valence-corrected chi connectivity index (χ2v) is 7.26. The van der Waals surface area contributed by atoms with Crippen molar-refractivity contribution >= 4 is 16.7 Å². The summed E-state index contributed by atoms with van der Waals surface area (Å²) in [6.07, 6.45) is 0. The van der Waals surface area contributed by atoms with Gasteiger partial charge in [-0.2, -0.15) is 0 Å². The highest BCUT2D eigenvalue weighted by Crippen LogP contribution is 2.23. The van der Waals surface area contributed by atoms with Crippen molar-refractivity contribution in [2.24, 2.45) is 0 Å². The Kier molecular flexibility index (Phi) is 5.14. The van der Waals surface area contributed by atoms with E-state index in [1.54, 1.807) is 6.07 Å². The van der Waals surface area contributed by atoms with E-state index in [9.17, 15) is 4.79 Å². The van der Waals surface area contributed by atoms with Crippen LogP contribution in [0.2, 0.25) is 0 Å². The summed E-state index contributed by atoms with van der Waals surface area (Å²) in [6, 6.07) is 14.2. The predicted octanol–water partition coefficient (Wildman–Crippen LogP) is 4.11. The fourth-order valence-corrected chi connectivity index (χ4v) is 3.17. The molecule has 1 heterocycles. The standard InChI is InChI=1S/C22H26N2O2/c1-15-10-20-18(12-22(25)26-21(20)11-16(15)2)14-24(5)13-17-6-8-19(9-7-17)23(3)4/h6-12H,13-14H2,1-5H3. The van der Waals surface area contributed by atoms with Crippen LogP contribution in [-0.4, -0.2) is 26.0 Å². The van der Waals surface area contributed by atoms with Gasteiger partial charge in [0, 0.05) is 44.3 Å². The smallest absolute Gasteiger partial charge is 0.336 e. The van der Waals surface area contributed by atoms with Gasteiger partial charge in [0.1, 0.15) is 5.58 Å². The van der Waals surface area contributed by atoms with Gasteiger partial charge in [-0.25, -0.2) is 4.79 Å². The fraction of sp³-hybridized carbons (Fsp3) is 0.318. The van der Waals surface area contributed by atoms with Crippen LogP contribution in [0, 0.1) is 13.8 Å². The van der Waals surface area contributed by atoms with Gasteiger partial charge >= 0.3 is 5.63 Å². The maximum Gasteiger partial charge on any atom is 0.336 e. The highest BCUT2D eigenvalue weighted by atomic mass is 16.4. The molecule has 0 radical (unpaired) electrons. The number of nitrogens with zero attached hydrogens (tertiary/aromatic N) is 2. The number of aryl methyl sites for hydroxylation is 2. The van der Waals surface area contributed by atoms with E-state index in [1.165, 1.54) is 16.8 Å². The molecule has 0 unspecified atom stereocenters. The van der Waals surface area contributed by atoms with Gasteiger partial charge in [-0.1, -0.05) is 12.1 Å². The summed E-state index contributed by atoms with van der Waals surface area (Å²) in [5, 5.41) is 1.02. The van der Waals surface area contributed by atoms with E-state index in [2.05, 4.69) is 54.1 Å². The molecule has 3 aromatic rings. The molecule has 2 aromatic carbocycles. The number of hydrogen-bond acceptors (Lipinski definition) is 4. The van der Waals surface area contributed by atoms with Gasteiger partial charge in [0.05, 0.1) is 0 Å². The highest BCUT2D eigenvalue weighted by molar-refractivity contribution is 5.81. The molecular formula is C22H26N2O2. The van der Waals surface area contributed by atoms with E-state index >= 15 is 0 Å². The third-order valence-corrected chi connectivity index (χ3v) is 4.79. The van der Waals surface area contributed by atoms with Gasteiger partial charge in [0.25, 0.3) is 0 Å². The van der Waals surface area contributed by atoms with Gasteiger partial charge < -0.3 is 9.32 Å². The van der Waals surface area contributed by atoms with E-state index in [0.717, 1.165) is 23.1 Å². The molecule has 1 aromatic heterocycles. The summed E-state index contributed by atoms with van der Waals surface area (Å²) < 4.78 is 5.39. The lowest BCUT2D eigenvalue weighted by atomic mass is 10.0. The van der Waals surface area contributed by atoms with Gasteiger partial charge in [-0.05, 0) is 67.4 Å². The minimum atomic E-state index is -0.292. The van der Waals surface area contributed by atoms with E-state index in [0.29, 0.717) is 12.1 Å². The van der Waals surface area contributed by atoms with Crippen molar-refractivity contribution in [1.82, 2.24) is 4.90 Å². The van der Waals surface area contributed by atoms with Crippen molar-refractivity contribution in [3.8, 4) is 0 Å². The van der Waals surface area contributed by atoms with Crippen LogP contribution in [-0.2, 0) is 13.1 Å². The Morgan fingerprint density at radius 1 is 0.885 bits per heavy atom. The van der Waals surface area contributed by atoms with Crippen molar-refractivity contribution in [2.45, 2.75) is 26.9 Å². The monoisotopic (exact) mass is 350 g/mol. The van der Waals surface area contributed by atoms with Crippen LogP contribution in [0.5, 0.6) is 0 Å². The molecule has 0 saturated carbocycles. The molecule has 0 spiro atoms. The van der Waals surface area contributed by atoms with E-state index in [-0.39, 0.29) is 5.63 Å². The quantitative estimate of drug-likeness (QED) is 0.649. The van der Waals surface area contributed by atoms with Crippen LogP contribution in [0.15, 0.2) is 51.7 Å². The van der Waals surface area contributed by atoms with Gasteiger partial charge in [0.15, 0.2) is 0 Å². The largest absolute Gasteiger partial charge is 0.423 e. The molecule has 0 bridgehead atoms. The van der Waals surface area contributed by atoms with Crippen molar-refractivity contribution in [3.63, 3.8) is 0 Å². The van der Waals surface area contributed by atoms with Crippen molar-refractivity contribution in [3.05, 3.63) is 75.1 Å². The average Bonchev–Trinajstić information content (AvgIpc) is 2.57. The minimum Gasteiger partial charge on any atom is -0.423 e. The molecule has 0 aliphatic rings. The maximum atomic E-state index is 12.0. The zero-order valence-corrected chi connectivity index (χ0v) is 16.2. The molecule has 0 atom stereocenters. The van der Waals surface area contributed by atoms with Crippen LogP contribution in [0.3, 0.4) is 0 Å². The average molecular weight is 350 g/mol. The number of benzene rings is 2. The number of rotatable bonds is 5. The second-order valence-electron chi connectivity index (χ2n) is 7.26. The Morgan fingerprint density at radius 3 is 2.19 bits per heavy atom. The Balaban J connectivity index is 1.83. The molecule has 3 rings (SSSR count). The van der Waals surface area contributed by atoms with Crippen molar-refractivity contribution in [1.29, 1.82) is 0 Å². The second kappa shape index (κ2) is 7.34. The lowest BCUT2D eigenvalue weighted by Gasteiger charge is -2.19. The molecule has 4 nitrogen and oxygen atoms in total. The molecule has 0 fully saturated rings. The first-order chi connectivity index (χ1) is 12.3. The predicted molar refractivity (Wildman–Crippen MR) is 108 cm³/mol. The molecule has 4 heteroatoms. The van der Waals surface area contributed by atoms with Crippen LogP contribution in [0.1, 0.15) is 22.3 Å². The maximum absolute atomic E-state index is 12.0. The summed E-state index contributed by atoms with van der Waals surface area (Å²) >= 11 is 0. The van der Waals surface area contributed by atoms with Crippen molar-refractivity contribution in [2.75, 3.05) is 26.0 Å². The highest BCUT2D eigenvalue weighted by Gasteiger charge is 2.10. The molecule has 0 N–H and O–H groups in total. The van der Waals surface area contributed by atoms with Crippen LogP contribution in [0.4, 0.5) is 5.69 Å². The van der Waals surface area contributed by atoms with Crippen molar-refractivity contribution < 1.29 is 4.42 Å². The molecule has 26 heavy (non-hydrogen) atoms. The molecule has 0 aliphatic heterocycles. The van der Waals surface area contributed by atoms with Crippen LogP contribution in [0.25, 0.3) is 11.0 Å². The zero-order valence-electron chi connectivity index (χ0n) is 16.2. The normalized spacial score (nSPS) is 11.3. The SMILES string of the molecule is Cc1cc2oc(=O)cc(CN(C)Cc3ccc(N(C)C)cc3)c2cc1C. The summed E-state index contributed by atoms with van der Waals surface area (Å²) in [4.78, 5) is 16.3. The molecule has 0 amide bonds. The van der Waals surface area contributed by atoms with E-state index in [4.69, 9.17) is 4.42 Å². The molecule has 0 aliphatic carbocycles. The number of fused-ring (bicyclic) bond motifs is 1. The van der Waals surface area contributed by atoms with Gasteiger partial charge in [-0.3, -0.25) is 4.90 Å². The van der Waals surface area contributed by atoms with Gasteiger partial charge in [0.2, 0.25) is 0 Å². The Bertz CT molecular complexity index is 972. The fourth-order valence-electron chi connectivity index (χ4n) is 3.17. The summed E-state index contributed by atoms with van der Waals surface area (Å²) in [7, 11) is 6.15. The summed E-state index contributed by atoms with van der Waals surface area (Å²) in [5.41, 5.74) is 6.15. The van der Waals surface area contributed by atoms with Crippen LogP contribution < -0.4 is 10.5 Å². The first-order valence-corrected chi connectivity index (χ1v) is 8.82. The van der Waals surface area contributed by atoms with Gasteiger partial charge in [-0.15, -0.1) is 0 Å². The zero-order chi connectivity index (χ0) is 18.8. The first kappa shape index (κ1) is 18.2. The molecule has 0 saturated heterocycles. The first-order valence-electron chi connectivity index (χ1n) is 8.82. The van der Waals surface area contributed by atoms with E-state index in [1.807, 2.05) is 27.1 Å². The third kappa shape index (κ3) is 3.97. The lowest BCUT2D eigenvalue weighted by molar-refractivity contribution is 0.319. The minimum absolute atomic E-state index is 0.292.